The molecule has 0 radical (unpaired) electrons. The lowest BCUT2D eigenvalue weighted by atomic mass is 10.3. The largest absolute Gasteiger partial charge is 0.354 e. The van der Waals surface area contributed by atoms with Gasteiger partial charge in [0.1, 0.15) is 5.82 Å². The number of halogens is 1. The molecular weight excluding hydrogens is 284 g/mol. The van der Waals surface area contributed by atoms with Crippen LogP contribution in [0.25, 0.3) is 11.0 Å². The molecular formula is C11H11ClN6S. The molecule has 98 valence electrons. The lowest BCUT2D eigenvalue weighted by molar-refractivity contribution is 0.903. The Morgan fingerprint density at radius 1 is 1.42 bits per heavy atom. The van der Waals surface area contributed by atoms with Gasteiger partial charge in [0.15, 0.2) is 5.65 Å². The summed E-state index contributed by atoms with van der Waals surface area (Å²) in [6.45, 7) is 2.73. The van der Waals surface area contributed by atoms with Gasteiger partial charge in [0, 0.05) is 11.9 Å². The van der Waals surface area contributed by atoms with Crippen molar-refractivity contribution in [3.63, 3.8) is 0 Å². The summed E-state index contributed by atoms with van der Waals surface area (Å²) < 4.78 is 0. The molecule has 0 saturated carbocycles. The number of nitrogens with zero attached hydrogens (tertiary/aromatic N) is 5. The number of H-pyrrole nitrogens is 1. The summed E-state index contributed by atoms with van der Waals surface area (Å²) in [5.74, 6) is 0.761. The van der Waals surface area contributed by atoms with E-state index in [1.54, 1.807) is 17.5 Å². The molecule has 0 bridgehead atoms. The molecule has 0 aliphatic carbocycles. The molecule has 0 atom stereocenters. The van der Waals surface area contributed by atoms with Crippen LogP contribution in [0.2, 0.25) is 5.28 Å². The number of aryl methyl sites for hydroxylation is 1. The lowest BCUT2D eigenvalue weighted by Crippen LogP contribution is -2.18. The van der Waals surface area contributed by atoms with Crippen molar-refractivity contribution < 1.29 is 0 Å². The third-order valence-electron chi connectivity index (χ3n) is 2.85. The van der Waals surface area contributed by atoms with Gasteiger partial charge in [-0.3, -0.25) is 5.10 Å². The van der Waals surface area contributed by atoms with Crippen LogP contribution in [0.1, 0.15) is 10.6 Å². The second-order valence-corrected chi connectivity index (χ2v) is 5.44. The van der Waals surface area contributed by atoms with E-state index < -0.39 is 0 Å². The molecule has 19 heavy (non-hydrogen) atoms. The molecule has 3 rings (SSSR count). The highest BCUT2D eigenvalue weighted by molar-refractivity contribution is 7.09. The van der Waals surface area contributed by atoms with Gasteiger partial charge in [0.05, 0.1) is 29.3 Å². The third-order valence-corrected chi connectivity index (χ3v) is 3.94. The Balaban J connectivity index is 1.99. The molecule has 0 aliphatic rings. The Bertz CT molecular complexity index is 721. The molecule has 3 aromatic rings. The summed E-state index contributed by atoms with van der Waals surface area (Å²) in [6.07, 6.45) is 1.71. The van der Waals surface area contributed by atoms with Crippen molar-refractivity contribution in [3.8, 4) is 0 Å². The number of thiazole rings is 1. The molecule has 0 spiro atoms. The Kier molecular flexibility index (Phi) is 3.08. The van der Waals surface area contributed by atoms with E-state index in [1.165, 1.54) is 4.88 Å². The van der Waals surface area contributed by atoms with E-state index in [0.717, 1.165) is 23.4 Å². The normalized spacial score (nSPS) is 11.1. The highest BCUT2D eigenvalue weighted by Crippen LogP contribution is 2.25. The number of anilines is 1. The van der Waals surface area contributed by atoms with Gasteiger partial charge in [-0.2, -0.15) is 15.1 Å². The number of rotatable bonds is 3. The summed E-state index contributed by atoms with van der Waals surface area (Å²) in [5, 5.41) is 7.85. The summed E-state index contributed by atoms with van der Waals surface area (Å²) in [7, 11) is 1.96. The van der Waals surface area contributed by atoms with E-state index in [9.17, 15) is 0 Å². The Labute approximate surface area is 118 Å². The van der Waals surface area contributed by atoms with E-state index in [4.69, 9.17) is 11.6 Å². The van der Waals surface area contributed by atoms with Crippen molar-refractivity contribution in [3.05, 3.63) is 27.6 Å². The van der Waals surface area contributed by atoms with E-state index in [1.807, 2.05) is 24.4 Å². The minimum Gasteiger partial charge on any atom is -0.354 e. The number of fused-ring (bicyclic) bond motifs is 1. The van der Waals surface area contributed by atoms with Crippen molar-refractivity contribution in [2.24, 2.45) is 0 Å². The van der Waals surface area contributed by atoms with Crippen molar-refractivity contribution >= 4 is 39.8 Å². The minimum atomic E-state index is 0.208. The molecule has 8 heteroatoms. The van der Waals surface area contributed by atoms with Gasteiger partial charge in [-0.25, -0.2) is 4.98 Å². The first kappa shape index (κ1) is 12.3. The number of aromatic nitrogens is 5. The lowest BCUT2D eigenvalue weighted by Gasteiger charge is -2.18. The summed E-state index contributed by atoms with van der Waals surface area (Å²) in [5.41, 5.74) is 3.53. The van der Waals surface area contributed by atoms with Gasteiger partial charge in [0.25, 0.3) is 0 Å². The van der Waals surface area contributed by atoms with Gasteiger partial charge in [-0.05, 0) is 18.5 Å². The van der Waals surface area contributed by atoms with Crippen LogP contribution in [0.15, 0.2) is 11.7 Å². The third kappa shape index (κ3) is 2.26. The molecule has 6 nitrogen and oxygen atoms in total. The van der Waals surface area contributed by atoms with Crippen molar-refractivity contribution in [2.75, 3.05) is 11.9 Å². The first-order valence-electron chi connectivity index (χ1n) is 5.62. The molecule has 0 aliphatic heterocycles. The maximum atomic E-state index is 5.93. The second kappa shape index (κ2) is 4.75. The molecule has 0 fully saturated rings. The fourth-order valence-electron chi connectivity index (χ4n) is 1.85. The zero-order valence-corrected chi connectivity index (χ0v) is 12.0. The SMILES string of the molecule is Cc1ncsc1CN(C)c1nc(Cl)nc2[nH]ncc12. The van der Waals surface area contributed by atoms with E-state index in [0.29, 0.717) is 5.65 Å². The van der Waals surface area contributed by atoms with E-state index in [-0.39, 0.29) is 5.28 Å². The van der Waals surface area contributed by atoms with Crippen molar-refractivity contribution in [2.45, 2.75) is 13.5 Å². The van der Waals surface area contributed by atoms with Gasteiger partial charge in [-0.1, -0.05) is 0 Å². The van der Waals surface area contributed by atoms with Crippen LogP contribution in [0.5, 0.6) is 0 Å². The molecule has 0 aromatic carbocycles. The maximum Gasteiger partial charge on any atom is 0.226 e. The zero-order valence-electron chi connectivity index (χ0n) is 10.4. The van der Waals surface area contributed by atoms with Crippen LogP contribution in [0.4, 0.5) is 5.82 Å². The maximum absolute atomic E-state index is 5.93. The van der Waals surface area contributed by atoms with Crippen LogP contribution in [0.3, 0.4) is 0 Å². The molecule has 0 saturated heterocycles. The summed E-state index contributed by atoms with van der Waals surface area (Å²) in [6, 6.07) is 0. The van der Waals surface area contributed by atoms with Crippen LogP contribution in [0, 0.1) is 6.92 Å². The van der Waals surface area contributed by atoms with Crippen molar-refractivity contribution in [1.29, 1.82) is 0 Å². The summed E-state index contributed by atoms with van der Waals surface area (Å²) in [4.78, 5) is 15.9. The predicted molar refractivity (Wildman–Crippen MR) is 75.7 cm³/mol. The smallest absolute Gasteiger partial charge is 0.226 e. The van der Waals surface area contributed by atoms with E-state index >= 15 is 0 Å². The van der Waals surface area contributed by atoms with Crippen LogP contribution in [-0.2, 0) is 6.54 Å². The average Bonchev–Trinajstić information content (AvgIpc) is 2.98. The molecule has 0 unspecified atom stereocenters. The van der Waals surface area contributed by atoms with Gasteiger partial charge in [-0.15, -0.1) is 11.3 Å². The molecule has 1 N–H and O–H groups in total. The fourth-order valence-corrected chi connectivity index (χ4v) is 2.85. The zero-order chi connectivity index (χ0) is 13.4. The Hall–Kier alpha value is -1.73. The number of nitrogens with one attached hydrogen (secondary N) is 1. The number of aromatic amines is 1. The highest BCUT2D eigenvalue weighted by Gasteiger charge is 2.14. The highest BCUT2D eigenvalue weighted by atomic mass is 35.5. The van der Waals surface area contributed by atoms with Crippen LogP contribution >= 0.6 is 22.9 Å². The van der Waals surface area contributed by atoms with Crippen molar-refractivity contribution in [1.82, 2.24) is 25.1 Å². The van der Waals surface area contributed by atoms with Crippen LogP contribution in [-0.4, -0.2) is 32.2 Å². The first-order chi connectivity index (χ1) is 9.15. The van der Waals surface area contributed by atoms with E-state index in [2.05, 4.69) is 25.1 Å². The number of hydrogen-bond acceptors (Lipinski definition) is 6. The average molecular weight is 295 g/mol. The minimum absolute atomic E-state index is 0.208. The van der Waals surface area contributed by atoms with Crippen LogP contribution < -0.4 is 4.90 Å². The Morgan fingerprint density at radius 3 is 3.00 bits per heavy atom. The molecule has 0 amide bonds. The van der Waals surface area contributed by atoms with Gasteiger partial charge < -0.3 is 4.90 Å². The molecule has 3 aromatic heterocycles. The quantitative estimate of drug-likeness (QED) is 0.751. The topological polar surface area (TPSA) is 70.6 Å². The van der Waals surface area contributed by atoms with Gasteiger partial charge in [0.2, 0.25) is 5.28 Å². The predicted octanol–water partition coefficient (Wildman–Crippen LogP) is 2.41. The monoisotopic (exact) mass is 294 g/mol. The Morgan fingerprint density at radius 2 is 2.26 bits per heavy atom. The van der Waals surface area contributed by atoms with Gasteiger partial charge >= 0.3 is 0 Å². The first-order valence-corrected chi connectivity index (χ1v) is 6.87. The summed E-state index contributed by atoms with van der Waals surface area (Å²) >= 11 is 7.56. The fraction of sp³-hybridized carbons (Fsp3) is 0.273. The standard InChI is InChI=1S/C11H11ClN6S/c1-6-8(19-5-13-6)4-18(2)10-7-3-14-17-9(7)15-11(12)16-10/h3,5H,4H2,1-2H3,(H,14,15,16,17). The number of hydrogen-bond donors (Lipinski definition) is 1. The second-order valence-electron chi connectivity index (χ2n) is 4.17. The molecule has 3 heterocycles.